The zero-order valence-corrected chi connectivity index (χ0v) is 15.7. The van der Waals surface area contributed by atoms with Crippen molar-refractivity contribution < 1.29 is 18.5 Å². The molecule has 1 aromatic heterocycles. The minimum Gasteiger partial charge on any atom is -0.366 e. The molecular formula is C19H23FN4O3. The Kier molecular flexibility index (Phi) is 5.43. The molecule has 1 fully saturated rings. The van der Waals surface area contributed by atoms with Crippen LogP contribution in [0, 0.1) is 19.7 Å². The molecule has 3 rings (SSSR count). The van der Waals surface area contributed by atoms with Gasteiger partial charge in [0.25, 0.3) is 0 Å². The van der Waals surface area contributed by atoms with Crippen LogP contribution in [0.15, 0.2) is 22.7 Å². The van der Waals surface area contributed by atoms with Crippen molar-refractivity contribution in [2.24, 2.45) is 0 Å². The summed E-state index contributed by atoms with van der Waals surface area (Å²) in [6.07, 6.45) is 0. The molecule has 2 amide bonds. The molecule has 0 unspecified atom stereocenters. The number of nitrogens with one attached hydrogen (secondary N) is 1. The van der Waals surface area contributed by atoms with Crippen molar-refractivity contribution in [2.45, 2.75) is 27.3 Å². The number of piperazine rings is 1. The Morgan fingerprint density at radius 2 is 1.93 bits per heavy atom. The third kappa shape index (κ3) is 4.10. The number of carbonyl (C=O) groups excluding carboxylic acids is 2. The molecule has 0 radical (unpaired) electrons. The van der Waals surface area contributed by atoms with Gasteiger partial charge in [0.1, 0.15) is 11.6 Å². The molecule has 0 bridgehead atoms. The third-order valence-corrected chi connectivity index (χ3v) is 4.86. The molecule has 1 N–H and O–H groups in total. The summed E-state index contributed by atoms with van der Waals surface area (Å²) in [7, 11) is 0. The number of amides is 2. The smallest absolute Gasteiger partial charge is 0.317 e. The molecule has 2 aromatic rings. The minimum atomic E-state index is -0.418. The van der Waals surface area contributed by atoms with E-state index in [1.807, 2.05) is 18.7 Å². The maximum Gasteiger partial charge on any atom is 0.317 e. The molecule has 0 aliphatic carbocycles. The lowest BCUT2D eigenvalue weighted by Crippen LogP contribution is -2.52. The van der Waals surface area contributed by atoms with Gasteiger partial charge in [-0.2, -0.15) is 0 Å². The Bertz CT molecular complexity index is 837. The fourth-order valence-electron chi connectivity index (χ4n) is 3.16. The largest absolute Gasteiger partial charge is 0.366 e. The van der Waals surface area contributed by atoms with E-state index in [-0.39, 0.29) is 11.8 Å². The zero-order chi connectivity index (χ0) is 19.6. The van der Waals surface area contributed by atoms with Crippen molar-refractivity contribution in [2.75, 3.05) is 31.1 Å². The first kappa shape index (κ1) is 18.9. The summed E-state index contributed by atoms with van der Waals surface area (Å²) in [5, 5.41) is 6.75. The summed E-state index contributed by atoms with van der Waals surface area (Å²) in [6, 6.07) is 4.35. The average molecular weight is 374 g/mol. The molecular weight excluding hydrogens is 351 g/mol. The number of benzene rings is 1. The molecule has 144 valence electrons. The van der Waals surface area contributed by atoms with E-state index < -0.39 is 5.82 Å². The van der Waals surface area contributed by atoms with E-state index in [1.165, 1.54) is 13.0 Å². The van der Waals surface area contributed by atoms with Gasteiger partial charge in [0.2, 0.25) is 0 Å². The standard InChI is InChI=1S/C19H23FN4O3/c1-12-16(14(3)27-22-12)11-21-19(26)24-8-6-23(7-9-24)18-5-4-15(13(2)25)10-17(18)20/h4-5,10H,6-9,11H2,1-3H3,(H,21,26). The van der Waals surface area contributed by atoms with Crippen LogP contribution in [0.4, 0.5) is 14.9 Å². The maximum atomic E-state index is 14.3. The molecule has 0 spiro atoms. The maximum absolute atomic E-state index is 14.3. The van der Waals surface area contributed by atoms with E-state index in [2.05, 4.69) is 10.5 Å². The van der Waals surface area contributed by atoms with Crippen molar-refractivity contribution in [3.05, 3.63) is 46.6 Å². The van der Waals surface area contributed by atoms with Gasteiger partial charge < -0.3 is 19.6 Å². The highest BCUT2D eigenvalue weighted by molar-refractivity contribution is 5.94. The second-order valence-electron chi connectivity index (χ2n) is 6.66. The Balaban J connectivity index is 1.55. The van der Waals surface area contributed by atoms with Gasteiger partial charge >= 0.3 is 6.03 Å². The summed E-state index contributed by atoms with van der Waals surface area (Å²) in [4.78, 5) is 27.3. The number of hydrogen-bond donors (Lipinski definition) is 1. The van der Waals surface area contributed by atoms with E-state index in [9.17, 15) is 14.0 Å². The number of anilines is 1. The van der Waals surface area contributed by atoms with Crippen molar-refractivity contribution in [1.29, 1.82) is 0 Å². The van der Waals surface area contributed by atoms with E-state index in [4.69, 9.17) is 4.52 Å². The third-order valence-electron chi connectivity index (χ3n) is 4.86. The first-order valence-corrected chi connectivity index (χ1v) is 8.86. The number of rotatable bonds is 4. The van der Waals surface area contributed by atoms with Crippen LogP contribution in [0.25, 0.3) is 0 Å². The Hall–Kier alpha value is -2.90. The molecule has 7 nitrogen and oxygen atoms in total. The van der Waals surface area contributed by atoms with E-state index in [0.29, 0.717) is 49.7 Å². The van der Waals surface area contributed by atoms with Crippen molar-refractivity contribution in [3.63, 3.8) is 0 Å². The van der Waals surface area contributed by atoms with Crippen LogP contribution in [0.5, 0.6) is 0 Å². The molecule has 2 heterocycles. The van der Waals surface area contributed by atoms with Gasteiger partial charge in [-0.25, -0.2) is 9.18 Å². The van der Waals surface area contributed by atoms with E-state index >= 15 is 0 Å². The topological polar surface area (TPSA) is 78.7 Å². The highest BCUT2D eigenvalue weighted by Crippen LogP contribution is 2.22. The number of ketones is 1. The molecule has 8 heteroatoms. The van der Waals surface area contributed by atoms with Crippen LogP contribution in [0.2, 0.25) is 0 Å². The monoisotopic (exact) mass is 374 g/mol. The van der Waals surface area contributed by atoms with Gasteiger partial charge in [0, 0.05) is 43.9 Å². The van der Waals surface area contributed by atoms with Crippen molar-refractivity contribution in [1.82, 2.24) is 15.4 Å². The number of halogens is 1. The minimum absolute atomic E-state index is 0.165. The van der Waals surface area contributed by atoms with Crippen LogP contribution < -0.4 is 10.2 Å². The molecule has 1 saturated heterocycles. The lowest BCUT2D eigenvalue weighted by molar-refractivity contribution is 0.101. The summed E-state index contributed by atoms with van der Waals surface area (Å²) >= 11 is 0. The van der Waals surface area contributed by atoms with Crippen LogP contribution in [0.3, 0.4) is 0 Å². The van der Waals surface area contributed by atoms with Crippen LogP contribution in [-0.2, 0) is 6.54 Å². The summed E-state index contributed by atoms with van der Waals surface area (Å²) < 4.78 is 19.4. The summed E-state index contributed by atoms with van der Waals surface area (Å²) in [5.74, 6) is 0.112. The Labute approximate surface area is 157 Å². The second-order valence-corrected chi connectivity index (χ2v) is 6.66. The van der Waals surface area contributed by atoms with Crippen LogP contribution >= 0.6 is 0 Å². The Morgan fingerprint density at radius 3 is 2.48 bits per heavy atom. The molecule has 1 aliphatic rings. The van der Waals surface area contributed by atoms with E-state index in [0.717, 1.165) is 11.3 Å². The van der Waals surface area contributed by atoms with Crippen LogP contribution in [-0.4, -0.2) is 48.0 Å². The lowest BCUT2D eigenvalue weighted by Gasteiger charge is -2.36. The molecule has 0 atom stereocenters. The van der Waals surface area contributed by atoms with Gasteiger partial charge in [-0.3, -0.25) is 4.79 Å². The summed E-state index contributed by atoms with van der Waals surface area (Å²) in [5.41, 5.74) is 2.46. The van der Waals surface area contributed by atoms with Gasteiger partial charge in [0.05, 0.1) is 11.4 Å². The predicted molar refractivity (Wildman–Crippen MR) is 98.4 cm³/mol. The SMILES string of the molecule is CC(=O)c1ccc(N2CCN(C(=O)NCc3c(C)noc3C)CC2)c(F)c1. The Morgan fingerprint density at radius 1 is 1.22 bits per heavy atom. The van der Waals surface area contributed by atoms with Gasteiger partial charge in [-0.05, 0) is 39.0 Å². The first-order chi connectivity index (χ1) is 12.9. The highest BCUT2D eigenvalue weighted by Gasteiger charge is 2.23. The zero-order valence-electron chi connectivity index (χ0n) is 15.7. The highest BCUT2D eigenvalue weighted by atomic mass is 19.1. The number of urea groups is 1. The number of hydrogen-bond acceptors (Lipinski definition) is 5. The fourth-order valence-corrected chi connectivity index (χ4v) is 3.16. The average Bonchev–Trinajstić information content (AvgIpc) is 2.97. The molecule has 27 heavy (non-hydrogen) atoms. The number of aryl methyl sites for hydroxylation is 2. The fraction of sp³-hybridized carbons (Fsp3) is 0.421. The van der Waals surface area contributed by atoms with Gasteiger partial charge in [-0.15, -0.1) is 0 Å². The normalized spacial score (nSPS) is 14.4. The molecule has 0 saturated carbocycles. The summed E-state index contributed by atoms with van der Waals surface area (Å²) in [6.45, 7) is 7.44. The van der Waals surface area contributed by atoms with E-state index in [1.54, 1.807) is 17.0 Å². The number of carbonyl (C=O) groups is 2. The molecule has 1 aliphatic heterocycles. The first-order valence-electron chi connectivity index (χ1n) is 8.86. The van der Waals surface area contributed by atoms with Crippen molar-refractivity contribution in [3.8, 4) is 0 Å². The second kappa shape index (κ2) is 7.77. The number of nitrogens with zero attached hydrogens (tertiary/aromatic N) is 3. The number of Topliss-reactive ketones (excluding diaryl/α,β-unsaturated/α-hetero) is 1. The predicted octanol–water partition coefficient (Wildman–Crippen LogP) is 2.66. The van der Waals surface area contributed by atoms with Gasteiger partial charge in [0.15, 0.2) is 5.78 Å². The number of aromatic nitrogens is 1. The molecule has 1 aromatic carbocycles. The van der Waals surface area contributed by atoms with Gasteiger partial charge in [-0.1, -0.05) is 5.16 Å². The quantitative estimate of drug-likeness (QED) is 0.833. The lowest BCUT2D eigenvalue weighted by atomic mass is 10.1. The van der Waals surface area contributed by atoms with Crippen LogP contribution in [0.1, 0.15) is 34.3 Å². The van der Waals surface area contributed by atoms with Crippen molar-refractivity contribution >= 4 is 17.5 Å².